The van der Waals surface area contributed by atoms with E-state index < -0.39 is 0 Å². The van der Waals surface area contributed by atoms with Gasteiger partial charge < -0.3 is 0 Å². The molecule has 0 radical (unpaired) electrons. The lowest BCUT2D eigenvalue weighted by Gasteiger charge is -1.86. The normalized spacial score (nSPS) is 10.0. The average molecular weight is 223 g/mol. The van der Waals surface area contributed by atoms with Gasteiger partial charge in [-0.3, -0.25) is 0 Å². The summed E-state index contributed by atoms with van der Waals surface area (Å²) in [5, 5.41) is 2.15. The molecule has 0 amide bonds. The standard InChI is InChI=1S/C6H7BrS2/c7-6-3-5(1-2-8)4-9-6/h3-4,8H,1-2H2. The summed E-state index contributed by atoms with van der Waals surface area (Å²) < 4.78 is 1.21. The molecule has 1 aromatic rings. The second kappa shape index (κ2) is 3.64. The van der Waals surface area contributed by atoms with Gasteiger partial charge in [-0.25, -0.2) is 0 Å². The molecule has 1 aromatic heterocycles. The largest absolute Gasteiger partial charge is 0.179 e. The third-order valence-corrected chi connectivity index (χ3v) is 2.80. The summed E-state index contributed by atoms with van der Waals surface area (Å²) >= 11 is 9.25. The number of rotatable bonds is 2. The van der Waals surface area contributed by atoms with Crippen LogP contribution >= 0.6 is 39.9 Å². The molecule has 9 heavy (non-hydrogen) atoms. The maximum atomic E-state index is 4.13. The van der Waals surface area contributed by atoms with Crippen LogP contribution < -0.4 is 0 Å². The Kier molecular flexibility index (Phi) is 3.09. The van der Waals surface area contributed by atoms with Crippen LogP contribution in [0.25, 0.3) is 0 Å². The predicted octanol–water partition coefficient (Wildman–Crippen LogP) is 2.98. The molecule has 0 unspecified atom stereocenters. The average Bonchev–Trinajstić information content (AvgIpc) is 2.17. The second-order valence-corrected chi connectivity index (χ2v) is 4.47. The van der Waals surface area contributed by atoms with Crippen LogP contribution in [0.3, 0.4) is 0 Å². The number of halogens is 1. The van der Waals surface area contributed by atoms with E-state index in [2.05, 4.69) is 40.0 Å². The smallest absolute Gasteiger partial charge is 0.0701 e. The Balaban J connectivity index is 2.61. The van der Waals surface area contributed by atoms with Crippen LogP contribution in [-0.2, 0) is 6.42 Å². The van der Waals surface area contributed by atoms with E-state index in [4.69, 9.17) is 0 Å². The van der Waals surface area contributed by atoms with E-state index in [-0.39, 0.29) is 0 Å². The number of hydrogen-bond acceptors (Lipinski definition) is 2. The highest BCUT2D eigenvalue weighted by Crippen LogP contribution is 2.20. The lowest BCUT2D eigenvalue weighted by Crippen LogP contribution is -1.79. The number of thiol groups is 1. The summed E-state index contributed by atoms with van der Waals surface area (Å²) in [5.41, 5.74) is 1.38. The maximum absolute atomic E-state index is 4.13. The zero-order valence-corrected chi connectivity index (χ0v) is 8.10. The number of aryl methyl sites for hydroxylation is 1. The lowest BCUT2D eigenvalue weighted by molar-refractivity contribution is 1.18. The Bertz CT molecular complexity index is 183. The first-order chi connectivity index (χ1) is 4.33. The van der Waals surface area contributed by atoms with Crippen LogP contribution in [0, 0.1) is 0 Å². The molecule has 0 aliphatic carbocycles. The molecule has 0 aliphatic heterocycles. The molecular formula is C6H7BrS2. The van der Waals surface area contributed by atoms with Gasteiger partial charge in [0.25, 0.3) is 0 Å². The van der Waals surface area contributed by atoms with Crippen molar-refractivity contribution in [1.82, 2.24) is 0 Å². The lowest BCUT2D eigenvalue weighted by atomic mass is 10.3. The first-order valence-corrected chi connectivity index (χ1v) is 4.97. The van der Waals surface area contributed by atoms with Crippen molar-refractivity contribution in [2.24, 2.45) is 0 Å². The second-order valence-electron chi connectivity index (χ2n) is 1.73. The van der Waals surface area contributed by atoms with E-state index in [0.717, 1.165) is 12.2 Å². The van der Waals surface area contributed by atoms with Gasteiger partial charge in [0.2, 0.25) is 0 Å². The van der Waals surface area contributed by atoms with Gasteiger partial charge in [-0.15, -0.1) is 11.3 Å². The van der Waals surface area contributed by atoms with E-state index in [9.17, 15) is 0 Å². The molecular weight excluding hydrogens is 216 g/mol. The number of hydrogen-bond donors (Lipinski definition) is 1. The van der Waals surface area contributed by atoms with Crippen molar-refractivity contribution in [2.75, 3.05) is 5.75 Å². The van der Waals surface area contributed by atoms with Crippen LogP contribution in [0.1, 0.15) is 5.56 Å². The van der Waals surface area contributed by atoms with Gasteiger partial charge in [-0.2, -0.15) is 12.6 Å². The Hall–Kier alpha value is 0.530. The molecule has 0 aromatic carbocycles. The van der Waals surface area contributed by atoms with Crippen molar-refractivity contribution in [3.05, 3.63) is 20.8 Å². The SMILES string of the molecule is SCCc1csc(Br)c1. The molecule has 0 bridgehead atoms. The Morgan fingerprint density at radius 3 is 2.89 bits per heavy atom. The van der Waals surface area contributed by atoms with Gasteiger partial charge in [-0.1, -0.05) is 0 Å². The van der Waals surface area contributed by atoms with Crippen molar-refractivity contribution >= 4 is 39.9 Å². The zero-order valence-electron chi connectivity index (χ0n) is 4.80. The maximum Gasteiger partial charge on any atom is 0.0701 e. The summed E-state index contributed by atoms with van der Waals surface area (Å²) in [6.07, 6.45) is 1.07. The first-order valence-electron chi connectivity index (χ1n) is 2.66. The monoisotopic (exact) mass is 222 g/mol. The van der Waals surface area contributed by atoms with Crippen molar-refractivity contribution in [1.29, 1.82) is 0 Å². The highest BCUT2D eigenvalue weighted by molar-refractivity contribution is 9.11. The molecule has 0 saturated heterocycles. The minimum absolute atomic E-state index is 0.934. The predicted molar refractivity (Wildman–Crippen MR) is 49.6 cm³/mol. The molecule has 50 valence electrons. The fourth-order valence-electron chi connectivity index (χ4n) is 0.606. The third kappa shape index (κ3) is 2.32. The summed E-state index contributed by atoms with van der Waals surface area (Å²) in [6, 6.07) is 2.14. The molecule has 1 rings (SSSR count). The fourth-order valence-corrected chi connectivity index (χ4v) is 2.11. The van der Waals surface area contributed by atoms with Crippen LogP contribution in [0.4, 0.5) is 0 Å². The highest BCUT2D eigenvalue weighted by atomic mass is 79.9. The molecule has 0 atom stereocenters. The molecule has 0 N–H and O–H groups in total. The Morgan fingerprint density at radius 2 is 2.44 bits per heavy atom. The van der Waals surface area contributed by atoms with E-state index >= 15 is 0 Å². The Labute approximate surface area is 72.8 Å². The Morgan fingerprint density at radius 1 is 1.67 bits per heavy atom. The molecule has 0 spiro atoms. The van der Waals surface area contributed by atoms with Crippen molar-refractivity contribution in [3.8, 4) is 0 Å². The van der Waals surface area contributed by atoms with Gasteiger partial charge in [0, 0.05) is 0 Å². The van der Waals surface area contributed by atoms with Crippen molar-refractivity contribution < 1.29 is 0 Å². The van der Waals surface area contributed by atoms with E-state index in [1.54, 1.807) is 11.3 Å². The van der Waals surface area contributed by atoms with Crippen LogP contribution in [0.2, 0.25) is 0 Å². The van der Waals surface area contributed by atoms with Gasteiger partial charge in [0.15, 0.2) is 0 Å². The minimum Gasteiger partial charge on any atom is -0.179 e. The molecule has 0 aliphatic rings. The van der Waals surface area contributed by atoms with Crippen molar-refractivity contribution in [2.45, 2.75) is 6.42 Å². The van der Waals surface area contributed by atoms with Gasteiger partial charge in [0.05, 0.1) is 3.79 Å². The summed E-state index contributed by atoms with van der Waals surface area (Å²) in [5.74, 6) is 0.934. The topological polar surface area (TPSA) is 0 Å². The minimum atomic E-state index is 0.934. The molecule has 0 nitrogen and oxygen atoms in total. The van der Waals surface area contributed by atoms with Crippen LogP contribution in [-0.4, -0.2) is 5.75 Å². The highest BCUT2D eigenvalue weighted by Gasteiger charge is 1.93. The van der Waals surface area contributed by atoms with Gasteiger partial charge in [-0.05, 0) is 45.1 Å². The zero-order chi connectivity index (χ0) is 6.69. The third-order valence-electron chi connectivity index (χ3n) is 1.02. The summed E-state index contributed by atoms with van der Waals surface area (Å²) in [7, 11) is 0. The molecule has 1 heterocycles. The van der Waals surface area contributed by atoms with E-state index in [1.807, 2.05) is 0 Å². The van der Waals surface area contributed by atoms with E-state index in [1.165, 1.54) is 9.35 Å². The number of thiophene rings is 1. The van der Waals surface area contributed by atoms with Crippen LogP contribution in [0.15, 0.2) is 15.2 Å². The summed E-state index contributed by atoms with van der Waals surface area (Å²) in [6.45, 7) is 0. The van der Waals surface area contributed by atoms with Gasteiger partial charge >= 0.3 is 0 Å². The van der Waals surface area contributed by atoms with Crippen LogP contribution in [0.5, 0.6) is 0 Å². The fraction of sp³-hybridized carbons (Fsp3) is 0.333. The summed E-state index contributed by atoms with van der Waals surface area (Å²) in [4.78, 5) is 0. The first kappa shape index (κ1) is 7.63. The van der Waals surface area contributed by atoms with Gasteiger partial charge in [0.1, 0.15) is 0 Å². The molecule has 0 fully saturated rings. The van der Waals surface area contributed by atoms with Crippen molar-refractivity contribution in [3.63, 3.8) is 0 Å². The molecule has 0 saturated carbocycles. The quantitative estimate of drug-likeness (QED) is 0.732. The van der Waals surface area contributed by atoms with E-state index in [0.29, 0.717) is 0 Å². The molecule has 3 heteroatoms.